The minimum absolute atomic E-state index is 0.144. The number of halogens is 12. The molecule has 0 atom stereocenters. The van der Waals surface area contributed by atoms with Gasteiger partial charge in [-0.3, -0.25) is 0 Å². The monoisotopic (exact) mass is 520 g/mol. The van der Waals surface area contributed by atoms with Crippen LogP contribution in [0, 0.1) is 0 Å². The van der Waals surface area contributed by atoms with Crippen molar-refractivity contribution in [3.05, 3.63) is 24.3 Å². The zero-order valence-corrected chi connectivity index (χ0v) is 15.6. The van der Waals surface area contributed by atoms with Crippen LogP contribution in [0.3, 0.4) is 0 Å². The first-order chi connectivity index (χ1) is 15.2. The van der Waals surface area contributed by atoms with Crippen LogP contribution in [-0.2, 0) is 0 Å². The predicted octanol–water partition coefficient (Wildman–Crippen LogP) is 6.11. The molecule has 0 spiro atoms. The molecular weight excluding hydrogens is 512 g/mol. The fourth-order valence-electron chi connectivity index (χ4n) is 2.45. The van der Waals surface area contributed by atoms with Gasteiger partial charge in [0.1, 0.15) is 5.69 Å². The Morgan fingerprint density at radius 3 is 1.06 bits per heavy atom. The molecule has 0 aliphatic heterocycles. The number of rotatable bonds is 5. The highest BCUT2D eigenvalue weighted by Crippen LogP contribution is 2.58. The molecule has 6 nitrogen and oxygen atoms in total. The minimum Gasteiger partial charge on any atom is -0.401 e. The number of hydrogen-bond donors (Lipinski definition) is 2. The Morgan fingerprint density at radius 2 is 0.765 bits per heavy atom. The third-order valence-electron chi connectivity index (χ3n) is 3.43. The third-order valence-corrected chi connectivity index (χ3v) is 3.43. The summed E-state index contributed by atoms with van der Waals surface area (Å²) in [7, 11) is 0. The van der Waals surface area contributed by atoms with E-state index in [9.17, 15) is 52.7 Å². The van der Waals surface area contributed by atoms with E-state index in [-0.39, 0.29) is 5.69 Å². The van der Waals surface area contributed by atoms with E-state index in [0.717, 1.165) is 12.1 Å². The van der Waals surface area contributed by atoms with Gasteiger partial charge in [-0.1, -0.05) is 12.1 Å². The Balaban J connectivity index is 3.11. The molecule has 0 aliphatic carbocycles. The van der Waals surface area contributed by atoms with Crippen LogP contribution in [0.5, 0.6) is 23.0 Å². The van der Waals surface area contributed by atoms with Crippen LogP contribution in [-0.4, -0.2) is 25.4 Å². The molecule has 0 aliphatic rings. The number of alkyl halides is 12. The van der Waals surface area contributed by atoms with E-state index in [4.69, 9.17) is 11.5 Å². The van der Waals surface area contributed by atoms with E-state index < -0.39 is 65.3 Å². The van der Waals surface area contributed by atoms with Crippen LogP contribution in [0.25, 0.3) is 11.1 Å². The Hall–Kier alpha value is -3.60. The van der Waals surface area contributed by atoms with Gasteiger partial charge in [-0.05, 0) is 17.7 Å². The Bertz CT molecular complexity index is 970. The second-order valence-corrected chi connectivity index (χ2v) is 5.92. The van der Waals surface area contributed by atoms with Gasteiger partial charge in [-0.2, -0.15) is 0 Å². The molecule has 190 valence electrons. The number of nitrogen functional groups attached to an aromatic ring is 2. The maximum Gasteiger partial charge on any atom is 0.573 e. The van der Waals surface area contributed by atoms with E-state index in [0.29, 0.717) is 12.1 Å². The van der Waals surface area contributed by atoms with Crippen LogP contribution in [0.4, 0.5) is 64.1 Å². The number of nitrogens with two attached hydrogens (primary N) is 2. The van der Waals surface area contributed by atoms with Crippen LogP contribution in [0.2, 0.25) is 0 Å². The normalized spacial score (nSPS) is 12.9. The second kappa shape index (κ2) is 8.64. The van der Waals surface area contributed by atoms with Gasteiger partial charge in [0.05, 0.1) is 5.56 Å². The molecule has 0 unspecified atom stereocenters. The van der Waals surface area contributed by atoms with Gasteiger partial charge in [-0.15, -0.1) is 52.7 Å². The lowest BCUT2D eigenvalue weighted by molar-refractivity contribution is -0.290. The highest BCUT2D eigenvalue weighted by atomic mass is 19.4. The van der Waals surface area contributed by atoms with E-state index in [1.807, 2.05) is 0 Å². The summed E-state index contributed by atoms with van der Waals surface area (Å²) < 4.78 is 168. The molecule has 34 heavy (non-hydrogen) atoms. The lowest BCUT2D eigenvalue weighted by Gasteiger charge is -2.26. The van der Waals surface area contributed by atoms with Crippen molar-refractivity contribution < 1.29 is 71.6 Å². The van der Waals surface area contributed by atoms with Crippen molar-refractivity contribution in [1.82, 2.24) is 0 Å². The van der Waals surface area contributed by atoms with Gasteiger partial charge >= 0.3 is 25.4 Å². The molecule has 0 saturated heterocycles. The van der Waals surface area contributed by atoms with Crippen LogP contribution < -0.4 is 30.4 Å². The molecule has 0 radical (unpaired) electrons. The number of hydrogen-bond acceptors (Lipinski definition) is 6. The van der Waals surface area contributed by atoms with Crippen molar-refractivity contribution in [2.75, 3.05) is 11.5 Å². The first-order valence-electron chi connectivity index (χ1n) is 8.05. The fourth-order valence-corrected chi connectivity index (χ4v) is 2.45. The quantitative estimate of drug-likeness (QED) is 0.365. The van der Waals surface area contributed by atoms with E-state index in [2.05, 4.69) is 18.9 Å². The summed E-state index contributed by atoms with van der Waals surface area (Å²) >= 11 is 0. The van der Waals surface area contributed by atoms with E-state index >= 15 is 0 Å². The standard InChI is InChI=1S/C16H8F12N2O4/c17-13(18,19)31-9-7(5-1-3-6(29)4-2-5)10(32-14(20,21)22)12(34-16(26,27)28)8(30)11(9)33-15(23,24)25/h1-4H,29-30H2. The highest BCUT2D eigenvalue weighted by Gasteiger charge is 2.46. The van der Waals surface area contributed by atoms with Crippen LogP contribution >= 0.6 is 0 Å². The predicted molar refractivity (Wildman–Crippen MR) is 87.4 cm³/mol. The molecule has 0 bridgehead atoms. The van der Waals surface area contributed by atoms with E-state index in [1.165, 1.54) is 0 Å². The average molecular weight is 520 g/mol. The van der Waals surface area contributed by atoms with Crippen molar-refractivity contribution in [2.45, 2.75) is 25.4 Å². The van der Waals surface area contributed by atoms with Gasteiger partial charge in [-0.25, -0.2) is 0 Å². The third kappa shape index (κ3) is 7.20. The van der Waals surface area contributed by atoms with Crippen molar-refractivity contribution in [3.8, 4) is 34.1 Å². The van der Waals surface area contributed by atoms with Crippen LogP contribution in [0.1, 0.15) is 0 Å². The SMILES string of the molecule is Nc1ccc(-c2c(OC(F)(F)F)c(OC(F)(F)F)c(N)c(OC(F)(F)F)c2OC(F)(F)F)cc1. The summed E-state index contributed by atoms with van der Waals surface area (Å²) in [6.45, 7) is 0. The van der Waals surface area contributed by atoms with Gasteiger partial charge in [0.2, 0.25) is 0 Å². The maximum atomic E-state index is 13.0. The lowest BCUT2D eigenvalue weighted by atomic mass is 10.0. The summed E-state index contributed by atoms with van der Waals surface area (Å²) in [4.78, 5) is 0. The summed E-state index contributed by atoms with van der Waals surface area (Å²) in [5, 5.41) is 0. The van der Waals surface area contributed by atoms with Gasteiger partial charge in [0.25, 0.3) is 0 Å². The minimum atomic E-state index is -5.90. The van der Waals surface area contributed by atoms with E-state index in [1.54, 1.807) is 0 Å². The second-order valence-electron chi connectivity index (χ2n) is 5.92. The Morgan fingerprint density at radius 1 is 0.471 bits per heavy atom. The molecule has 0 saturated carbocycles. The molecule has 0 amide bonds. The van der Waals surface area contributed by atoms with Crippen molar-refractivity contribution >= 4 is 11.4 Å². The molecule has 0 fully saturated rings. The van der Waals surface area contributed by atoms with Crippen molar-refractivity contribution in [1.29, 1.82) is 0 Å². The largest absolute Gasteiger partial charge is 0.573 e. The molecule has 2 rings (SSSR count). The molecule has 2 aromatic rings. The highest BCUT2D eigenvalue weighted by molar-refractivity contribution is 5.90. The smallest absolute Gasteiger partial charge is 0.401 e. The molecule has 2 aromatic carbocycles. The summed E-state index contributed by atoms with van der Waals surface area (Å²) in [5.74, 6) is -8.99. The number of ether oxygens (including phenoxy) is 4. The first-order valence-corrected chi connectivity index (χ1v) is 8.05. The number of anilines is 2. The molecular formula is C16H8F12N2O4. The first kappa shape index (κ1) is 26.7. The summed E-state index contributed by atoms with van der Waals surface area (Å²) in [6.07, 6.45) is -23.6. The Labute approximate surface area is 179 Å². The van der Waals surface area contributed by atoms with Gasteiger partial charge in [0.15, 0.2) is 23.0 Å². The van der Waals surface area contributed by atoms with Crippen LogP contribution in [0.15, 0.2) is 24.3 Å². The summed E-state index contributed by atoms with van der Waals surface area (Å²) in [6, 6.07) is 2.97. The number of benzene rings is 2. The van der Waals surface area contributed by atoms with Crippen molar-refractivity contribution in [3.63, 3.8) is 0 Å². The zero-order valence-electron chi connectivity index (χ0n) is 15.6. The van der Waals surface area contributed by atoms with Gasteiger partial charge in [0, 0.05) is 5.69 Å². The molecule has 18 heteroatoms. The fraction of sp³-hybridized carbons (Fsp3) is 0.250. The lowest BCUT2D eigenvalue weighted by Crippen LogP contribution is -2.26. The average Bonchev–Trinajstić information content (AvgIpc) is 2.59. The molecule has 4 N–H and O–H groups in total. The van der Waals surface area contributed by atoms with Crippen molar-refractivity contribution in [2.24, 2.45) is 0 Å². The maximum absolute atomic E-state index is 13.0. The Kier molecular flexibility index (Phi) is 6.77. The zero-order chi connectivity index (χ0) is 26.3. The topological polar surface area (TPSA) is 89.0 Å². The summed E-state index contributed by atoms with van der Waals surface area (Å²) in [5.41, 5.74) is 5.52. The van der Waals surface area contributed by atoms with Gasteiger partial charge < -0.3 is 30.4 Å². The molecule has 0 aromatic heterocycles. The molecule has 0 heterocycles.